The third-order valence-electron chi connectivity index (χ3n) is 0.800. The maximum atomic E-state index is 5.36. The van der Waals surface area contributed by atoms with E-state index in [4.69, 9.17) is 5.73 Å². The van der Waals surface area contributed by atoms with E-state index in [0.717, 1.165) is 5.69 Å². The summed E-state index contributed by atoms with van der Waals surface area (Å²) in [4.78, 5) is 0. The molecule has 0 bridgehead atoms. The van der Waals surface area contributed by atoms with Crippen LogP contribution in [-0.4, -0.2) is 0 Å². The van der Waals surface area contributed by atoms with Crippen LogP contribution >= 0.6 is 10.1 Å². The van der Waals surface area contributed by atoms with Crippen LogP contribution in [0.4, 0.5) is 5.69 Å². The number of anilines is 1. The van der Waals surface area contributed by atoms with Gasteiger partial charge < -0.3 is 13.2 Å². The van der Waals surface area contributed by atoms with Gasteiger partial charge >= 0.3 is 25.2 Å². The standard InChI is InChI=1S/C6H7N.CH3.ClH.Cu/c7-6-4-2-1-3-5-6;;;/h1-5H,7H2;1H3;1H;/q;-1;;+2/p-1. The number of hydrogen-bond donors (Lipinski definition) is 1. The van der Waals surface area contributed by atoms with Crippen molar-refractivity contribution >= 4 is 15.8 Å². The Morgan fingerprint density at radius 3 is 1.70 bits per heavy atom. The Morgan fingerprint density at radius 2 is 1.50 bits per heavy atom. The second-order valence-electron chi connectivity index (χ2n) is 1.41. The van der Waals surface area contributed by atoms with Crippen LogP contribution in [0.2, 0.25) is 0 Å². The fraction of sp³-hybridized carbons (Fsp3) is 0. The first-order valence-electron chi connectivity index (χ1n) is 2.31. The Morgan fingerprint density at radius 1 is 1.10 bits per heavy atom. The van der Waals surface area contributed by atoms with E-state index >= 15 is 0 Å². The van der Waals surface area contributed by atoms with Gasteiger partial charge in [0.15, 0.2) is 0 Å². The van der Waals surface area contributed by atoms with E-state index in [1.165, 1.54) is 0 Å². The van der Waals surface area contributed by atoms with E-state index in [9.17, 15) is 0 Å². The third kappa shape index (κ3) is 5.96. The molecule has 0 saturated carbocycles. The van der Waals surface area contributed by atoms with Gasteiger partial charge in [0.25, 0.3) is 0 Å². The van der Waals surface area contributed by atoms with Crippen LogP contribution in [0.25, 0.3) is 0 Å². The normalized spacial score (nSPS) is 6.70. The minimum atomic E-state index is 0. The predicted molar refractivity (Wildman–Crippen MR) is 43.1 cm³/mol. The second-order valence-corrected chi connectivity index (χ2v) is 1.41. The number of para-hydroxylation sites is 1. The summed E-state index contributed by atoms with van der Waals surface area (Å²) in [6, 6.07) is 9.49. The molecule has 0 aliphatic rings. The molecular weight excluding hydrogens is 197 g/mol. The van der Waals surface area contributed by atoms with E-state index < -0.39 is 0 Å². The van der Waals surface area contributed by atoms with Crippen LogP contribution in [-0.2, 0) is 15.1 Å². The summed E-state index contributed by atoms with van der Waals surface area (Å²) < 4.78 is 0. The zero-order valence-corrected chi connectivity index (χ0v) is 7.34. The van der Waals surface area contributed by atoms with E-state index in [1.807, 2.05) is 30.3 Å². The average molecular weight is 207 g/mol. The topological polar surface area (TPSA) is 26.0 Å². The molecule has 0 fully saturated rings. The van der Waals surface area contributed by atoms with Crippen LogP contribution in [0.15, 0.2) is 30.3 Å². The SMILES string of the molecule is Nc1ccccc1.[CH3-].[Cl][Cu+]. The number of rotatable bonds is 0. The van der Waals surface area contributed by atoms with Crippen molar-refractivity contribution in [3.8, 4) is 0 Å². The third-order valence-corrected chi connectivity index (χ3v) is 0.800. The van der Waals surface area contributed by atoms with Crippen molar-refractivity contribution < 1.29 is 15.1 Å². The Kier molecular flexibility index (Phi) is 11.0. The molecule has 0 unspecified atom stereocenters. The molecule has 1 rings (SSSR count). The quantitative estimate of drug-likeness (QED) is 0.394. The average Bonchev–Trinajstić information content (AvgIpc) is 1.94. The summed E-state index contributed by atoms with van der Waals surface area (Å²) >= 11 is 3.66. The van der Waals surface area contributed by atoms with Gasteiger partial charge in [-0.3, -0.25) is 0 Å². The molecule has 1 aromatic carbocycles. The van der Waals surface area contributed by atoms with Crippen molar-refractivity contribution in [1.82, 2.24) is 0 Å². The monoisotopic (exact) mass is 206 g/mol. The van der Waals surface area contributed by atoms with Gasteiger partial charge in [-0.25, -0.2) is 0 Å². The van der Waals surface area contributed by atoms with Crippen molar-refractivity contribution in [1.29, 1.82) is 0 Å². The van der Waals surface area contributed by atoms with Crippen molar-refractivity contribution in [2.75, 3.05) is 5.73 Å². The number of benzene rings is 1. The Balaban J connectivity index is 0. The van der Waals surface area contributed by atoms with Gasteiger partial charge in [0, 0.05) is 5.69 Å². The van der Waals surface area contributed by atoms with Gasteiger partial charge in [0.2, 0.25) is 0 Å². The van der Waals surface area contributed by atoms with E-state index in [2.05, 4.69) is 25.2 Å². The number of nitrogens with two attached hydrogens (primary N) is 1. The van der Waals surface area contributed by atoms with Crippen LogP contribution in [0.5, 0.6) is 0 Å². The van der Waals surface area contributed by atoms with Crippen molar-refractivity contribution in [2.24, 2.45) is 0 Å². The van der Waals surface area contributed by atoms with Crippen LogP contribution < -0.4 is 5.73 Å². The summed E-state index contributed by atoms with van der Waals surface area (Å²) in [6.07, 6.45) is 0. The van der Waals surface area contributed by atoms with Gasteiger partial charge in [-0.05, 0) is 12.1 Å². The predicted octanol–water partition coefficient (Wildman–Crippen LogP) is 2.41. The molecule has 0 aromatic heterocycles. The molecule has 0 aliphatic carbocycles. The van der Waals surface area contributed by atoms with Crippen molar-refractivity contribution in [3.63, 3.8) is 0 Å². The fourth-order valence-electron chi connectivity index (χ4n) is 0.453. The first-order valence-corrected chi connectivity index (χ1v) is 3.61. The van der Waals surface area contributed by atoms with Crippen LogP contribution in [0.1, 0.15) is 0 Å². The maximum absolute atomic E-state index is 5.36. The van der Waals surface area contributed by atoms with Gasteiger partial charge in [0.1, 0.15) is 0 Å². The zero-order chi connectivity index (χ0) is 7.11. The minimum absolute atomic E-state index is 0. The Bertz CT molecular complexity index is 144. The molecular formula is C7H10ClCuN. The molecule has 0 spiro atoms. The summed E-state index contributed by atoms with van der Waals surface area (Å²) in [6.45, 7) is 0. The van der Waals surface area contributed by atoms with E-state index in [1.54, 1.807) is 0 Å². The molecule has 10 heavy (non-hydrogen) atoms. The summed E-state index contributed by atoms with van der Waals surface area (Å²) in [5.41, 5.74) is 6.18. The molecule has 0 saturated heterocycles. The second kappa shape index (κ2) is 8.83. The summed E-state index contributed by atoms with van der Waals surface area (Å²) in [5.74, 6) is 0. The van der Waals surface area contributed by atoms with Gasteiger partial charge in [-0.2, -0.15) is 0 Å². The first kappa shape index (κ1) is 12.5. The van der Waals surface area contributed by atoms with Crippen molar-refractivity contribution in [2.45, 2.75) is 0 Å². The molecule has 2 N–H and O–H groups in total. The van der Waals surface area contributed by atoms with E-state index in [0.29, 0.717) is 0 Å². The van der Waals surface area contributed by atoms with Crippen LogP contribution in [0.3, 0.4) is 0 Å². The van der Waals surface area contributed by atoms with Crippen molar-refractivity contribution in [3.05, 3.63) is 37.8 Å². The molecule has 0 atom stereocenters. The Hall–Kier alpha value is -0.171. The first-order chi connectivity index (χ1) is 4.39. The molecule has 0 heterocycles. The Labute approximate surface area is 74.6 Å². The number of hydrogen-bond acceptors (Lipinski definition) is 1. The molecule has 0 aliphatic heterocycles. The summed E-state index contributed by atoms with van der Waals surface area (Å²) in [5, 5.41) is 0. The molecule has 3 heteroatoms. The molecule has 0 amide bonds. The van der Waals surface area contributed by atoms with Crippen LogP contribution in [0, 0.1) is 7.43 Å². The van der Waals surface area contributed by atoms with Gasteiger partial charge in [0.05, 0.1) is 0 Å². The van der Waals surface area contributed by atoms with E-state index in [-0.39, 0.29) is 7.43 Å². The molecule has 61 valence electrons. The summed E-state index contributed by atoms with van der Waals surface area (Å²) in [7, 11) is 4.20. The molecule has 0 radical (unpaired) electrons. The molecule has 1 aromatic rings. The number of halogens is 1. The molecule has 1 nitrogen and oxygen atoms in total. The van der Waals surface area contributed by atoms with Gasteiger partial charge in [-0.15, -0.1) is 0 Å². The fourth-order valence-corrected chi connectivity index (χ4v) is 0.453. The zero-order valence-electron chi connectivity index (χ0n) is 5.64. The number of nitrogen functional groups attached to an aromatic ring is 1. The van der Waals surface area contributed by atoms with Gasteiger partial charge in [-0.1, -0.05) is 18.2 Å².